The van der Waals surface area contributed by atoms with Crippen LogP contribution in [-0.2, 0) is 6.54 Å². The molecular formula is C14H21N3. The highest BCUT2D eigenvalue weighted by molar-refractivity contribution is 5.40. The predicted molar refractivity (Wildman–Crippen MR) is 69.8 cm³/mol. The Bertz CT molecular complexity index is 369. The van der Waals surface area contributed by atoms with Gasteiger partial charge in [0.05, 0.1) is 5.69 Å². The summed E-state index contributed by atoms with van der Waals surface area (Å²) in [6.45, 7) is 2.92. The number of pyridine rings is 1. The minimum atomic E-state index is 0.536. The summed E-state index contributed by atoms with van der Waals surface area (Å²) in [5.41, 5.74) is 6.66. The number of nitrogens with two attached hydrogens (primary N) is 1. The average Bonchev–Trinajstić information content (AvgIpc) is 3.23. The highest BCUT2D eigenvalue weighted by Crippen LogP contribution is 2.35. The van der Waals surface area contributed by atoms with Gasteiger partial charge in [0.15, 0.2) is 0 Å². The Morgan fingerprint density at radius 2 is 1.76 bits per heavy atom. The highest BCUT2D eigenvalue weighted by Gasteiger charge is 2.29. The third-order valence-electron chi connectivity index (χ3n) is 3.68. The molecule has 1 heterocycles. The summed E-state index contributed by atoms with van der Waals surface area (Å²) in [5, 5.41) is 0. The maximum absolute atomic E-state index is 5.67. The van der Waals surface area contributed by atoms with Gasteiger partial charge in [-0.1, -0.05) is 6.07 Å². The quantitative estimate of drug-likeness (QED) is 0.816. The van der Waals surface area contributed by atoms with Crippen molar-refractivity contribution in [2.24, 2.45) is 17.6 Å². The van der Waals surface area contributed by atoms with E-state index < -0.39 is 0 Å². The van der Waals surface area contributed by atoms with Crippen LogP contribution in [0.1, 0.15) is 31.4 Å². The van der Waals surface area contributed by atoms with Crippen molar-refractivity contribution in [3.8, 4) is 0 Å². The molecule has 3 heteroatoms. The fourth-order valence-corrected chi connectivity index (χ4v) is 2.24. The molecule has 92 valence electrons. The van der Waals surface area contributed by atoms with Crippen LogP contribution >= 0.6 is 0 Å². The maximum atomic E-state index is 5.67. The summed E-state index contributed by atoms with van der Waals surface area (Å²) in [4.78, 5) is 7.13. The predicted octanol–water partition coefficient (Wildman–Crippen LogP) is 2.17. The lowest BCUT2D eigenvalue weighted by Gasteiger charge is -2.24. The second-order valence-electron chi connectivity index (χ2n) is 5.48. The highest BCUT2D eigenvalue weighted by atomic mass is 15.2. The van der Waals surface area contributed by atoms with Crippen molar-refractivity contribution in [2.75, 3.05) is 18.0 Å². The van der Waals surface area contributed by atoms with Gasteiger partial charge in [0.2, 0.25) is 0 Å². The van der Waals surface area contributed by atoms with E-state index >= 15 is 0 Å². The Balaban J connectivity index is 1.73. The molecule has 2 fully saturated rings. The zero-order chi connectivity index (χ0) is 11.7. The molecule has 0 aliphatic heterocycles. The fraction of sp³-hybridized carbons (Fsp3) is 0.643. The summed E-state index contributed by atoms with van der Waals surface area (Å²) in [6, 6.07) is 6.22. The summed E-state index contributed by atoms with van der Waals surface area (Å²) in [7, 11) is 0. The van der Waals surface area contributed by atoms with Gasteiger partial charge in [-0.2, -0.15) is 0 Å². The van der Waals surface area contributed by atoms with Crippen molar-refractivity contribution < 1.29 is 0 Å². The van der Waals surface area contributed by atoms with Crippen LogP contribution in [0.4, 0.5) is 5.82 Å². The van der Waals surface area contributed by atoms with Gasteiger partial charge < -0.3 is 10.6 Å². The minimum Gasteiger partial charge on any atom is -0.356 e. The number of anilines is 1. The molecule has 0 atom stereocenters. The molecule has 3 rings (SSSR count). The molecule has 2 N–H and O–H groups in total. The third kappa shape index (κ3) is 2.97. The first kappa shape index (κ1) is 11.0. The minimum absolute atomic E-state index is 0.536. The molecule has 0 spiro atoms. The smallest absolute Gasteiger partial charge is 0.128 e. The lowest BCUT2D eigenvalue weighted by Crippen LogP contribution is -2.29. The van der Waals surface area contributed by atoms with E-state index in [0.717, 1.165) is 23.3 Å². The second-order valence-corrected chi connectivity index (χ2v) is 5.48. The molecule has 1 aromatic heterocycles. The Hall–Kier alpha value is -1.09. The van der Waals surface area contributed by atoms with E-state index in [-0.39, 0.29) is 0 Å². The molecule has 0 unspecified atom stereocenters. The largest absolute Gasteiger partial charge is 0.356 e. The number of aromatic nitrogens is 1. The van der Waals surface area contributed by atoms with Crippen LogP contribution in [0.15, 0.2) is 18.2 Å². The second kappa shape index (κ2) is 4.65. The van der Waals surface area contributed by atoms with E-state index in [9.17, 15) is 0 Å². The molecule has 0 radical (unpaired) electrons. The van der Waals surface area contributed by atoms with E-state index in [1.54, 1.807) is 0 Å². The average molecular weight is 231 g/mol. The molecule has 0 amide bonds. The van der Waals surface area contributed by atoms with Crippen molar-refractivity contribution in [1.82, 2.24) is 4.98 Å². The van der Waals surface area contributed by atoms with Gasteiger partial charge in [-0.25, -0.2) is 4.98 Å². The Labute approximate surface area is 103 Å². The number of rotatable bonds is 6. The van der Waals surface area contributed by atoms with Gasteiger partial charge in [0, 0.05) is 19.6 Å². The van der Waals surface area contributed by atoms with E-state index in [0.29, 0.717) is 6.54 Å². The van der Waals surface area contributed by atoms with Crippen LogP contribution < -0.4 is 10.6 Å². The van der Waals surface area contributed by atoms with Gasteiger partial charge in [-0.05, 0) is 49.7 Å². The molecule has 2 aliphatic carbocycles. The summed E-state index contributed by atoms with van der Waals surface area (Å²) < 4.78 is 0. The molecule has 2 saturated carbocycles. The lowest BCUT2D eigenvalue weighted by molar-refractivity contribution is 0.669. The number of nitrogens with zero attached hydrogens (tertiary/aromatic N) is 2. The Morgan fingerprint density at radius 1 is 1.12 bits per heavy atom. The summed E-state index contributed by atoms with van der Waals surface area (Å²) >= 11 is 0. The van der Waals surface area contributed by atoms with Crippen molar-refractivity contribution in [2.45, 2.75) is 32.2 Å². The molecule has 1 aromatic rings. The van der Waals surface area contributed by atoms with Crippen molar-refractivity contribution in [1.29, 1.82) is 0 Å². The molecule has 0 bridgehead atoms. The maximum Gasteiger partial charge on any atom is 0.128 e. The first-order valence-electron chi connectivity index (χ1n) is 6.76. The van der Waals surface area contributed by atoms with Gasteiger partial charge in [-0.3, -0.25) is 0 Å². The fourth-order valence-electron chi connectivity index (χ4n) is 2.24. The van der Waals surface area contributed by atoms with Crippen LogP contribution in [0.3, 0.4) is 0 Å². The lowest BCUT2D eigenvalue weighted by atomic mass is 10.3. The first-order chi connectivity index (χ1) is 8.35. The van der Waals surface area contributed by atoms with Crippen molar-refractivity contribution in [3.63, 3.8) is 0 Å². The SMILES string of the molecule is NCc1cccc(N(CC2CC2)CC2CC2)n1. The van der Waals surface area contributed by atoms with E-state index in [2.05, 4.69) is 22.0 Å². The van der Waals surface area contributed by atoms with Crippen LogP contribution in [0.25, 0.3) is 0 Å². The summed E-state index contributed by atoms with van der Waals surface area (Å²) in [5.74, 6) is 2.96. The molecule has 3 nitrogen and oxygen atoms in total. The van der Waals surface area contributed by atoms with Gasteiger partial charge in [0.25, 0.3) is 0 Å². The zero-order valence-corrected chi connectivity index (χ0v) is 10.3. The van der Waals surface area contributed by atoms with Crippen molar-refractivity contribution in [3.05, 3.63) is 23.9 Å². The molecule has 0 aromatic carbocycles. The van der Waals surface area contributed by atoms with Crippen LogP contribution in [-0.4, -0.2) is 18.1 Å². The van der Waals surface area contributed by atoms with Gasteiger partial charge >= 0.3 is 0 Å². The van der Waals surface area contributed by atoms with E-state index in [1.807, 2.05) is 6.07 Å². The molecule has 0 saturated heterocycles. The zero-order valence-electron chi connectivity index (χ0n) is 10.3. The Morgan fingerprint density at radius 3 is 2.29 bits per heavy atom. The van der Waals surface area contributed by atoms with E-state index in [4.69, 9.17) is 5.73 Å². The van der Waals surface area contributed by atoms with Gasteiger partial charge in [0.1, 0.15) is 5.82 Å². The molecule has 17 heavy (non-hydrogen) atoms. The van der Waals surface area contributed by atoms with E-state index in [1.165, 1.54) is 38.8 Å². The Kier molecular flexibility index (Phi) is 3.02. The molecule has 2 aliphatic rings. The third-order valence-corrected chi connectivity index (χ3v) is 3.68. The molecular weight excluding hydrogens is 210 g/mol. The monoisotopic (exact) mass is 231 g/mol. The van der Waals surface area contributed by atoms with Crippen LogP contribution in [0.2, 0.25) is 0 Å². The number of hydrogen-bond donors (Lipinski definition) is 1. The normalized spacial score (nSPS) is 19.4. The standard InChI is InChI=1S/C14H21N3/c15-8-13-2-1-3-14(16-13)17(9-11-4-5-11)10-12-6-7-12/h1-3,11-12H,4-10,15H2. The first-order valence-corrected chi connectivity index (χ1v) is 6.76. The topological polar surface area (TPSA) is 42.1 Å². The summed E-state index contributed by atoms with van der Waals surface area (Å²) in [6.07, 6.45) is 5.60. The number of hydrogen-bond acceptors (Lipinski definition) is 3. The van der Waals surface area contributed by atoms with Crippen LogP contribution in [0, 0.1) is 11.8 Å². The van der Waals surface area contributed by atoms with Crippen molar-refractivity contribution >= 4 is 5.82 Å². The van der Waals surface area contributed by atoms with Crippen LogP contribution in [0.5, 0.6) is 0 Å². The van der Waals surface area contributed by atoms with Gasteiger partial charge in [-0.15, -0.1) is 0 Å².